The normalized spacial score (nSPS) is 31.8. The first-order valence-corrected chi connectivity index (χ1v) is 6.31. The van der Waals surface area contributed by atoms with Crippen molar-refractivity contribution in [2.24, 2.45) is 10.8 Å². The Bertz CT molecular complexity index is 381. The Kier molecular flexibility index (Phi) is 1.12. The average Bonchev–Trinajstić information content (AvgIpc) is 3.09. The van der Waals surface area contributed by atoms with Crippen molar-refractivity contribution in [2.45, 2.75) is 30.0 Å². The van der Waals surface area contributed by atoms with Crippen molar-refractivity contribution in [3.8, 4) is 0 Å². The number of alkyl halides is 1. The third-order valence-corrected chi connectivity index (χ3v) is 6.82. The molecule has 3 aliphatic rings. The molecule has 0 aromatic heterocycles. The lowest BCUT2D eigenvalue weighted by atomic mass is 10.1. The number of rotatable bonds is 1. The summed E-state index contributed by atoms with van der Waals surface area (Å²) >= 11 is 4.07. The molecule has 3 fully saturated rings. The second-order valence-electron chi connectivity index (χ2n) is 5.19. The molecule has 1 heteroatoms. The molecule has 0 unspecified atom stereocenters. The molecule has 14 heavy (non-hydrogen) atoms. The van der Waals surface area contributed by atoms with Gasteiger partial charge in [-0.15, -0.1) is 0 Å². The van der Waals surface area contributed by atoms with Crippen molar-refractivity contribution in [3.63, 3.8) is 0 Å². The lowest BCUT2D eigenvalue weighted by Gasteiger charge is -2.09. The predicted molar refractivity (Wildman–Crippen MR) is 60.4 cm³/mol. The van der Waals surface area contributed by atoms with E-state index in [2.05, 4.69) is 46.3 Å². The van der Waals surface area contributed by atoms with Crippen molar-refractivity contribution >= 4 is 15.9 Å². The molecule has 0 atom stereocenters. The minimum Gasteiger partial charge on any atom is -0.0789 e. The maximum Gasteiger partial charge on any atom is 0.0629 e. The topological polar surface area (TPSA) is 0 Å². The van der Waals surface area contributed by atoms with E-state index < -0.39 is 0 Å². The molecule has 0 nitrogen and oxygen atoms in total. The van der Waals surface area contributed by atoms with Crippen LogP contribution in [0.5, 0.6) is 0 Å². The van der Waals surface area contributed by atoms with Gasteiger partial charge < -0.3 is 0 Å². The van der Waals surface area contributed by atoms with Crippen LogP contribution >= 0.6 is 15.9 Å². The molecule has 72 valence electrons. The van der Waals surface area contributed by atoms with E-state index >= 15 is 0 Å². The van der Waals surface area contributed by atoms with Crippen LogP contribution in [0.3, 0.4) is 0 Å². The largest absolute Gasteiger partial charge is 0.0789 e. The van der Waals surface area contributed by atoms with Crippen molar-refractivity contribution < 1.29 is 0 Å². The van der Waals surface area contributed by atoms with E-state index in [1.165, 1.54) is 31.2 Å². The van der Waals surface area contributed by atoms with Crippen LogP contribution < -0.4 is 0 Å². The molecule has 0 aliphatic heterocycles. The Labute approximate surface area is 92.8 Å². The third-order valence-electron chi connectivity index (χ3n) is 4.84. The van der Waals surface area contributed by atoms with Gasteiger partial charge in [-0.2, -0.15) is 0 Å². The summed E-state index contributed by atoms with van der Waals surface area (Å²) < 4.78 is 0.369. The Morgan fingerprint density at radius 2 is 1.36 bits per heavy atom. The van der Waals surface area contributed by atoms with Gasteiger partial charge in [0.05, 0.1) is 4.32 Å². The number of hydrogen-bond donors (Lipinski definition) is 0. The van der Waals surface area contributed by atoms with Crippen molar-refractivity contribution in [1.29, 1.82) is 0 Å². The average molecular weight is 249 g/mol. The molecule has 0 radical (unpaired) electrons. The van der Waals surface area contributed by atoms with E-state index in [4.69, 9.17) is 0 Å². The van der Waals surface area contributed by atoms with Gasteiger partial charge in [-0.05, 0) is 42.1 Å². The number of halogens is 1. The standard InChI is InChI=1S/C13H13Br/c14-13(10-4-2-1-3-5-10)11(6-7-11)12(13)8-9-12/h1-5H,6-9H2. The number of benzene rings is 1. The second-order valence-corrected chi connectivity index (χ2v) is 6.38. The highest BCUT2D eigenvalue weighted by atomic mass is 79.9. The summed E-state index contributed by atoms with van der Waals surface area (Å²) in [6.07, 6.45) is 5.81. The van der Waals surface area contributed by atoms with Gasteiger partial charge in [0.2, 0.25) is 0 Å². The molecular formula is C13H13Br. The van der Waals surface area contributed by atoms with Crippen LogP contribution in [-0.4, -0.2) is 0 Å². The van der Waals surface area contributed by atoms with Crippen LogP contribution in [0.4, 0.5) is 0 Å². The van der Waals surface area contributed by atoms with Gasteiger partial charge in [0, 0.05) is 0 Å². The summed E-state index contributed by atoms with van der Waals surface area (Å²) in [5.74, 6) is 0. The van der Waals surface area contributed by atoms with E-state index in [1.54, 1.807) is 0 Å². The smallest absolute Gasteiger partial charge is 0.0629 e. The van der Waals surface area contributed by atoms with Crippen molar-refractivity contribution in [2.75, 3.05) is 0 Å². The van der Waals surface area contributed by atoms with E-state index in [0.717, 1.165) is 0 Å². The fourth-order valence-corrected chi connectivity index (χ4v) is 5.63. The molecule has 0 N–H and O–H groups in total. The van der Waals surface area contributed by atoms with E-state index in [9.17, 15) is 0 Å². The summed E-state index contributed by atoms with van der Waals surface area (Å²) in [7, 11) is 0. The quantitative estimate of drug-likeness (QED) is 0.663. The molecule has 3 aliphatic carbocycles. The van der Waals surface area contributed by atoms with Crippen LogP contribution in [0.25, 0.3) is 0 Å². The van der Waals surface area contributed by atoms with Gasteiger partial charge in [-0.1, -0.05) is 46.3 Å². The van der Waals surface area contributed by atoms with Gasteiger partial charge in [0.1, 0.15) is 0 Å². The highest BCUT2D eigenvalue weighted by Gasteiger charge is 2.94. The van der Waals surface area contributed by atoms with Gasteiger partial charge >= 0.3 is 0 Å². The van der Waals surface area contributed by atoms with E-state index in [1.807, 2.05) is 0 Å². The predicted octanol–water partition coefficient (Wildman–Crippen LogP) is 3.85. The monoisotopic (exact) mass is 248 g/mol. The van der Waals surface area contributed by atoms with Gasteiger partial charge in [-0.25, -0.2) is 0 Å². The lowest BCUT2D eigenvalue weighted by molar-refractivity contribution is 0.716. The Balaban J connectivity index is 1.87. The summed E-state index contributed by atoms with van der Waals surface area (Å²) in [5.41, 5.74) is 2.89. The molecule has 0 heterocycles. The third kappa shape index (κ3) is 0.565. The number of hydrogen-bond acceptors (Lipinski definition) is 0. The zero-order chi connectivity index (χ0) is 9.44. The fourth-order valence-electron chi connectivity index (χ4n) is 3.91. The van der Waals surface area contributed by atoms with Crippen LogP contribution in [-0.2, 0) is 4.32 Å². The number of fused-ring (bicyclic) bond motifs is 1. The SMILES string of the molecule is BrC1(c2ccccc2)C2(CC2)C12CC2. The van der Waals surface area contributed by atoms with E-state index in [0.29, 0.717) is 15.2 Å². The van der Waals surface area contributed by atoms with Gasteiger partial charge in [0.25, 0.3) is 0 Å². The van der Waals surface area contributed by atoms with Gasteiger partial charge in [0.15, 0.2) is 0 Å². The van der Waals surface area contributed by atoms with Crippen LogP contribution in [0.15, 0.2) is 30.3 Å². The molecule has 0 amide bonds. The molecule has 1 aromatic carbocycles. The fraction of sp³-hybridized carbons (Fsp3) is 0.538. The summed E-state index contributed by atoms with van der Waals surface area (Å²) in [4.78, 5) is 0. The first-order chi connectivity index (χ1) is 6.77. The van der Waals surface area contributed by atoms with Crippen LogP contribution in [0.1, 0.15) is 31.2 Å². The van der Waals surface area contributed by atoms with Crippen LogP contribution in [0.2, 0.25) is 0 Å². The molecule has 0 bridgehead atoms. The molecular weight excluding hydrogens is 236 g/mol. The summed E-state index contributed by atoms with van der Waals surface area (Å²) in [6, 6.07) is 11.0. The molecule has 4 rings (SSSR count). The Morgan fingerprint density at radius 3 is 1.79 bits per heavy atom. The first-order valence-electron chi connectivity index (χ1n) is 5.51. The molecule has 2 spiro atoms. The minimum absolute atomic E-state index is 0.369. The first kappa shape index (κ1) is 7.92. The Hall–Kier alpha value is -0.300. The van der Waals surface area contributed by atoms with Crippen molar-refractivity contribution in [3.05, 3.63) is 35.9 Å². The summed E-state index contributed by atoms with van der Waals surface area (Å²) in [6.45, 7) is 0. The zero-order valence-corrected chi connectivity index (χ0v) is 9.68. The van der Waals surface area contributed by atoms with Crippen molar-refractivity contribution in [1.82, 2.24) is 0 Å². The van der Waals surface area contributed by atoms with Crippen LogP contribution in [0, 0.1) is 10.8 Å². The summed E-state index contributed by atoms with van der Waals surface area (Å²) in [5, 5.41) is 0. The highest BCUT2D eigenvalue weighted by molar-refractivity contribution is 9.10. The maximum absolute atomic E-state index is 4.07. The van der Waals surface area contributed by atoms with E-state index in [-0.39, 0.29) is 0 Å². The zero-order valence-electron chi connectivity index (χ0n) is 8.09. The minimum atomic E-state index is 0.369. The molecule has 1 aromatic rings. The molecule has 3 saturated carbocycles. The molecule has 0 saturated heterocycles. The second kappa shape index (κ2) is 1.97. The van der Waals surface area contributed by atoms with Gasteiger partial charge in [-0.3, -0.25) is 0 Å². The maximum atomic E-state index is 4.07. The lowest BCUT2D eigenvalue weighted by Crippen LogP contribution is -2.01. The Morgan fingerprint density at radius 1 is 0.857 bits per heavy atom. The highest BCUT2D eigenvalue weighted by Crippen LogP contribution is 3.00.